The highest BCUT2D eigenvalue weighted by atomic mass is 19.4. The van der Waals surface area contributed by atoms with E-state index < -0.39 is 199 Å². The van der Waals surface area contributed by atoms with Crippen LogP contribution in [0, 0.1) is 81.3 Å². The van der Waals surface area contributed by atoms with Crippen molar-refractivity contribution in [2.24, 2.45) is 81.3 Å². The van der Waals surface area contributed by atoms with Gasteiger partial charge in [0.1, 0.15) is 42.6 Å². The Morgan fingerprint density at radius 2 is 0.748 bits per heavy atom. The minimum Gasteiger partial charge on any atom is -0.550 e. The molecule has 0 aromatic heterocycles. The van der Waals surface area contributed by atoms with Gasteiger partial charge < -0.3 is 142 Å². The molecule has 0 radical (unpaired) electrons. The fraction of sp³-hybridized carbons (Fsp3) is 0.758. The molecule has 143 heavy (non-hydrogen) atoms. The number of esters is 4. The number of Topliss-reactive ketones (excluding diaryl/α,β-unsaturated/α-hetero) is 1. The van der Waals surface area contributed by atoms with Crippen molar-refractivity contribution in [3.63, 3.8) is 0 Å². The van der Waals surface area contributed by atoms with Crippen LogP contribution in [-0.2, 0) is 100 Å². The minimum absolute atomic E-state index is 0.000706. The third-order valence-electron chi connectivity index (χ3n) is 23.7. The van der Waals surface area contributed by atoms with Crippen LogP contribution in [0.15, 0.2) is 30.3 Å². The van der Waals surface area contributed by atoms with Crippen LogP contribution in [0.3, 0.4) is 0 Å². The van der Waals surface area contributed by atoms with Crippen molar-refractivity contribution < 1.29 is 245 Å². The van der Waals surface area contributed by atoms with Crippen molar-refractivity contribution in [2.75, 3.05) is 20.3 Å². The summed E-state index contributed by atoms with van der Waals surface area (Å²) in [6.07, 6.45) is -5.41. The Balaban J connectivity index is 0.00000159. The minimum atomic E-state index is -5.99. The summed E-state index contributed by atoms with van der Waals surface area (Å²) in [6.45, 7) is 13.6. The number of ketones is 1. The number of carboxylic acid groups (broad SMARTS) is 11. The normalized spacial score (nSPS) is 24.7. The fourth-order valence-corrected chi connectivity index (χ4v) is 18.3. The molecule has 34 nitrogen and oxygen atoms in total. The van der Waals surface area contributed by atoms with Gasteiger partial charge in [-0.25, -0.2) is 48.7 Å². The van der Waals surface area contributed by atoms with E-state index in [0.29, 0.717) is 80.0 Å². The smallest absolute Gasteiger partial charge is 0.454 e. The number of rotatable bonds is 35. The quantitative estimate of drug-likeness (QED) is 0.0580. The number of carbonyl (C=O) groups excluding carboxylic acids is 16. The van der Waals surface area contributed by atoms with E-state index in [2.05, 4.69) is 9.47 Å². The van der Waals surface area contributed by atoms with E-state index >= 15 is 0 Å². The molecule has 9 atom stereocenters. The third-order valence-corrected chi connectivity index (χ3v) is 23.7. The maximum absolute atomic E-state index is 12.8. The second-order valence-corrected chi connectivity index (χ2v) is 38.2. The largest absolute Gasteiger partial charge is 0.550 e. The molecular formula is C91H117F18O34-11. The summed E-state index contributed by atoms with van der Waals surface area (Å²) in [7, 11) is 0.281. The molecule has 1 aromatic rings. The lowest BCUT2D eigenvalue weighted by Crippen LogP contribution is -2.59. The molecule has 12 bridgehead atoms. The molecular weight excluding hydrogens is 1980 g/mol. The number of carboxylic acids is 11. The molecule has 1 aromatic carbocycles. The van der Waals surface area contributed by atoms with Gasteiger partial charge in [-0.2, -0.15) is 35.1 Å². The lowest BCUT2D eigenvalue weighted by molar-refractivity contribution is -0.391. The van der Waals surface area contributed by atoms with Crippen molar-refractivity contribution >= 4 is 95.3 Å². The molecule has 9 unspecified atom stereocenters. The Kier molecular flexibility index (Phi) is 51.7. The monoisotopic (exact) mass is 2100 g/mol. The van der Waals surface area contributed by atoms with Crippen LogP contribution in [0.2, 0.25) is 0 Å². The zero-order valence-corrected chi connectivity index (χ0v) is 80.2. The Morgan fingerprint density at radius 1 is 0.413 bits per heavy atom. The van der Waals surface area contributed by atoms with Gasteiger partial charge in [-0.1, -0.05) is 73.6 Å². The summed E-state index contributed by atoms with van der Waals surface area (Å²) in [5.74, 6) is -43.7. The molecule has 0 heterocycles. The van der Waals surface area contributed by atoms with E-state index in [1.54, 1.807) is 44.2 Å². The van der Waals surface area contributed by atoms with E-state index in [9.17, 15) is 207 Å². The van der Waals surface area contributed by atoms with E-state index in [1.807, 2.05) is 27.7 Å². The lowest BCUT2D eigenvalue weighted by atomic mass is 9.48. The summed E-state index contributed by atoms with van der Waals surface area (Å²) >= 11 is 0. The number of ether oxygens (including phenoxy) is 6. The summed E-state index contributed by atoms with van der Waals surface area (Å²) < 4.78 is 242. The molecule has 822 valence electrons. The predicted octanol–water partition coefficient (Wildman–Crippen LogP) is 2.92. The maximum atomic E-state index is 12.8. The van der Waals surface area contributed by atoms with Crippen LogP contribution in [0.25, 0.3) is 0 Å². The molecule has 1 N–H and O–H groups in total. The van der Waals surface area contributed by atoms with Gasteiger partial charge in [0, 0.05) is 112 Å². The van der Waals surface area contributed by atoms with Gasteiger partial charge in [-0.05, 0) is 202 Å². The Labute approximate surface area is 809 Å². The lowest BCUT2D eigenvalue weighted by Gasteiger charge is -2.58. The van der Waals surface area contributed by atoms with E-state index in [1.165, 1.54) is 33.1 Å². The van der Waals surface area contributed by atoms with Gasteiger partial charge in [0.2, 0.25) is 0 Å². The van der Waals surface area contributed by atoms with Gasteiger partial charge >= 0.3 is 47.9 Å². The first-order valence-corrected chi connectivity index (χ1v) is 44.7. The molecule has 12 aliphatic carbocycles. The van der Waals surface area contributed by atoms with Crippen molar-refractivity contribution in [3.05, 3.63) is 35.9 Å². The number of alkyl halides is 18. The number of hydrogen-bond donors (Lipinski definition) is 1. The second-order valence-electron chi connectivity index (χ2n) is 38.2. The first-order valence-electron chi connectivity index (χ1n) is 44.7. The van der Waals surface area contributed by atoms with Crippen LogP contribution < -0.4 is 56.2 Å². The standard InChI is InChI=1S/C17H26O5.C17H26O4.C14H18O5.C13H16O4.C6H6F6O3.C6H8F4O2.C5H8F2O2.C4H4F4O3.C4H6F2O2.C3H6O2.C2H4O2/c1-10(2)13(4-14(18)19)22-15(20)16-5-11-3-12(6-16)8-17(21,7-11)9-16;1-10(2)14(6-15(18)19)21-16(20)17-7-11-3-12(8-17)5-13(4-11)9-17;15-11(16)1-2-19-13(18)14-5-8-3-9(6-14)12(17)10(4-8)7-14;1-9(2)11(8-12(14)15)17-13(16)10-6-4-3-5-7-10;1-4(7,8)2-15-5(9,3(13)14)6(10,11)12;1-5(7,8)3-6(9,10)2-4(11)12;1-2-5(6,7)3-4(8)9;1-11-3(5,2(9)10)4(6,7)8;1-4(5,6)2-3(7)8;1-2-3(4)5;1-2(3)4/h10-13,21H,3-9H2,1-2H3,(H,18,19);10-14H,3-9H2,1-2H3,(H,18,19);8-10H,1-7H2,(H,15,16);3-7,9,11H,8H2,1-2H3,(H,14,15);2H2,1H3,(H,13,14);2-3H2,1H3,(H,11,12);2-3H2,1H3,(H,8,9);1H3,(H,9,10);2H2,1H3,(H,7,8);2H2,1H3,(H,4,5);1H3,(H,3,4)/p-11. The number of hydrogen-bond acceptors (Lipinski definition) is 34. The number of methoxy groups -OCH3 is 1. The zero-order chi connectivity index (χ0) is 112. The SMILES string of the molecule is CC(=O)[O-].CC(C)C(CC(=O)[O-])OC(=O)C12CC3CC(CC(C3)C1)C2.CC(C)C(CC(=O)[O-])OC(=O)C12CC3CC(CC(O)(C3)C1)C2.CC(C)C(CC(=O)[O-])OC(=O)c1ccccc1.CC(F)(F)CC(=O)[O-].CC(F)(F)CC(F)(F)CC(=O)[O-].CC(F)(F)COC(F)(C(=O)[O-])C(F)(F)F.CCC(=O)[O-].CCC(F)(F)CC(=O)[O-].COC(F)(C(=O)[O-])C(F)(F)F.O=C([O-])CCOC(=O)C12CC3CC(C1)C(=O)C(C3)C2. The third kappa shape index (κ3) is 47.5. The van der Waals surface area contributed by atoms with Crippen LogP contribution in [0.4, 0.5) is 79.0 Å². The highest BCUT2D eigenvalue weighted by Gasteiger charge is 2.64. The molecule has 13 rings (SSSR count). The zero-order valence-electron chi connectivity index (χ0n) is 80.2. The molecule has 0 aliphatic heterocycles. The van der Waals surface area contributed by atoms with Crippen molar-refractivity contribution in [1.29, 1.82) is 0 Å². The summed E-state index contributed by atoms with van der Waals surface area (Å²) in [5.41, 5.74) is -1.73. The molecule has 0 spiro atoms. The van der Waals surface area contributed by atoms with Gasteiger partial charge in [0.25, 0.3) is 29.6 Å². The number of aliphatic carboxylic acids is 11. The average Bonchev–Trinajstić information content (AvgIpc) is 0.478. The number of benzene rings is 1. The molecule has 0 saturated heterocycles. The highest BCUT2D eigenvalue weighted by Crippen LogP contribution is 2.64. The Hall–Kier alpha value is -10.4. The Morgan fingerprint density at radius 3 is 1.02 bits per heavy atom. The fourth-order valence-electron chi connectivity index (χ4n) is 18.3. The topological polar surface area (TPSA) is 602 Å². The molecule has 12 fully saturated rings. The number of carbonyl (C=O) groups is 16. The predicted molar refractivity (Wildman–Crippen MR) is 427 cm³/mol. The van der Waals surface area contributed by atoms with Gasteiger partial charge in [-0.3, -0.25) is 19.2 Å². The van der Waals surface area contributed by atoms with Gasteiger partial charge in [0.15, 0.2) is 0 Å². The van der Waals surface area contributed by atoms with E-state index in [0.717, 1.165) is 77.6 Å². The summed E-state index contributed by atoms with van der Waals surface area (Å²) in [4.78, 5) is 170. The second kappa shape index (κ2) is 55.8. The van der Waals surface area contributed by atoms with Crippen molar-refractivity contribution in [1.82, 2.24) is 0 Å². The van der Waals surface area contributed by atoms with Gasteiger partial charge in [-0.15, -0.1) is 0 Å². The highest BCUT2D eigenvalue weighted by molar-refractivity contribution is 5.90. The van der Waals surface area contributed by atoms with Crippen molar-refractivity contribution in [3.8, 4) is 0 Å². The van der Waals surface area contributed by atoms with E-state index in [-0.39, 0.29) is 106 Å². The number of halogens is 18. The van der Waals surface area contributed by atoms with Crippen LogP contribution in [0.5, 0.6) is 0 Å². The van der Waals surface area contributed by atoms with Crippen LogP contribution in [-0.4, -0.2) is 198 Å². The summed E-state index contributed by atoms with van der Waals surface area (Å²) in [5, 5.41) is 119. The van der Waals surface area contributed by atoms with Gasteiger partial charge in [0.05, 0.1) is 59.7 Å². The summed E-state index contributed by atoms with van der Waals surface area (Å²) in [6, 6.07) is 8.48. The molecule has 0 amide bonds. The Bertz CT molecular complexity index is 4300. The van der Waals surface area contributed by atoms with Crippen LogP contribution >= 0.6 is 0 Å². The molecule has 12 saturated carbocycles. The molecule has 52 heteroatoms. The molecule has 12 aliphatic rings. The van der Waals surface area contributed by atoms with Crippen molar-refractivity contribution in [2.45, 2.75) is 334 Å². The number of aliphatic hydroxyl groups is 1. The van der Waals surface area contributed by atoms with Crippen LogP contribution in [0.1, 0.15) is 267 Å². The van der Waals surface area contributed by atoms with E-state index in [4.69, 9.17) is 28.8 Å². The average molecular weight is 2100 g/mol. The first-order chi connectivity index (χ1) is 64.8. The maximum Gasteiger partial charge on any atom is 0.454 e. The first kappa shape index (κ1) is 133.